The predicted octanol–water partition coefficient (Wildman–Crippen LogP) is 3.13. The Morgan fingerprint density at radius 1 is 1.12 bits per heavy atom. The smallest absolute Gasteiger partial charge is 0.0243 e. The largest absolute Gasteiger partial charge is 0.312 e. The fraction of sp³-hybridized carbons (Fsp3) is 1.00. The van der Waals surface area contributed by atoms with E-state index < -0.39 is 0 Å². The number of hydrogen-bond acceptors (Lipinski definition) is 2. The number of rotatable bonds is 8. The summed E-state index contributed by atoms with van der Waals surface area (Å²) in [6, 6.07) is 0.587. The monoisotopic (exact) mass is 228 g/mol. The highest BCUT2D eigenvalue weighted by atomic mass is 15.1. The number of unbranched alkanes of at least 4 members (excludes halogenated alkanes) is 2. The van der Waals surface area contributed by atoms with E-state index in [1.54, 1.807) is 0 Å². The standard InChI is InChI=1S/C14H32N2/c1-7-9-10-11-16(6)12-13(15-8-2)14(3,4)5/h13,15H,7-12H2,1-6H3. The molecule has 0 radical (unpaired) electrons. The first kappa shape index (κ1) is 15.9. The fourth-order valence-electron chi connectivity index (χ4n) is 1.93. The lowest BCUT2D eigenvalue weighted by molar-refractivity contribution is 0.194. The van der Waals surface area contributed by atoms with Crippen LogP contribution in [-0.2, 0) is 0 Å². The summed E-state index contributed by atoms with van der Waals surface area (Å²) in [5, 5.41) is 3.60. The van der Waals surface area contributed by atoms with Gasteiger partial charge in [0.2, 0.25) is 0 Å². The van der Waals surface area contributed by atoms with Gasteiger partial charge >= 0.3 is 0 Å². The summed E-state index contributed by atoms with van der Waals surface area (Å²) in [5.41, 5.74) is 0.342. The first-order valence-corrected chi connectivity index (χ1v) is 6.83. The topological polar surface area (TPSA) is 15.3 Å². The van der Waals surface area contributed by atoms with Gasteiger partial charge in [0.25, 0.3) is 0 Å². The summed E-state index contributed by atoms with van der Waals surface area (Å²) in [5.74, 6) is 0. The van der Waals surface area contributed by atoms with E-state index in [9.17, 15) is 0 Å². The van der Waals surface area contributed by atoms with Crippen molar-refractivity contribution >= 4 is 0 Å². The van der Waals surface area contributed by atoms with Crippen molar-refractivity contribution in [3.05, 3.63) is 0 Å². The Labute approximate surface area is 103 Å². The van der Waals surface area contributed by atoms with E-state index in [1.165, 1.54) is 25.8 Å². The molecule has 16 heavy (non-hydrogen) atoms. The molecule has 0 aliphatic rings. The summed E-state index contributed by atoms with van der Waals surface area (Å²) >= 11 is 0. The maximum Gasteiger partial charge on any atom is 0.0243 e. The first-order valence-electron chi connectivity index (χ1n) is 6.83. The maximum atomic E-state index is 3.60. The average Bonchev–Trinajstić information content (AvgIpc) is 2.16. The van der Waals surface area contributed by atoms with Gasteiger partial charge < -0.3 is 10.2 Å². The molecule has 0 aliphatic heterocycles. The second-order valence-electron chi connectivity index (χ2n) is 5.95. The van der Waals surface area contributed by atoms with Crippen LogP contribution >= 0.6 is 0 Å². The molecule has 1 N–H and O–H groups in total. The van der Waals surface area contributed by atoms with Crippen molar-refractivity contribution < 1.29 is 0 Å². The Morgan fingerprint density at radius 2 is 1.75 bits per heavy atom. The molecule has 98 valence electrons. The summed E-state index contributed by atoms with van der Waals surface area (Å²) in [6.45, 7) is 14.9. The summed E-state index contributed by atoms with van der Waals surface area (Å²) in [7, 11) is 2.24. The van der Waals surface area contributed by atoms with Crippen LogP contribution in [0.3, 0.4) is 0 Å². The molecule has 0 aromatic carbocycles. The number of nitrogens with zero attached hydrogens (tertiary/aromatic N) is 1. The van der Waals surface area contributed by atoms with E-state index in [1.807, 2.05) is 0 Å². The van der Waals surface area contributed by atoms with E-state index in [2.05, 4.69) is 51.9 Å². The number of likely N-dealkylation sites (N-methyl/N-ethyl adjacent to an activating group) is 2. The zero-order valence-electron chi connectivity index (χ0n) is 12.3. The van der Waals surface area contributed by atoms with Gasteiger partial charge in [0.15, 0.2) is 0 Å². The van der Waals surface area contributed by atoms with Gasteiger partial charge in [-0.3, -0.25) is 0 Å². The molecule has 2 heteroatoms. The molecule has 0 fully saturated rings. The first-order chi connectivity index (χ1) is 7.41. The van der Waals surface area contributed by atoms with Gasteiger partial charge in [0.1, 0.15) is 0 Å². The summed E-state index contributed by atoms with van der Waals surface area (Å²) in [4.78, 5) is 2.47. The molecular formula is C14H32N2. The zero-order valence-corrected chi connectivity index (χ0v) is 12.3. The third-order valence-electron chi connectivity index (χ3n) is 3.13. The minimum atomic E-state index is 0.342. The van der Waals surface area contributed by atoms with E-state index >= 15 is 0 Å². The summed E-state index contributed by atoms with van der Waals surface area (Å²) < 4.78 is 0. The second-order valence-corrected chi connectivity index (χ2v) is 5.95. The highest BCUT2D eigenvalue weighted by molar-refractivity contribution is 4.82. The Bertz CT molecular complexity index is 161. The highest BCUT2D eigenvalue weighted by Crippen LogP contribution is 2.19. The fourth-order valence-corrected chi connectivity index (χ4v) is 1.93. The Kier molecular flexibility index (Phi) is 8.04. The minimum Gasteiger partial charge on any atom is -0.312 e. The van der Waals surface area contributed by atoms with Crippen molar-refractivity contribution in [2.45, 2.75) is 59.9 Å². The molecule has 0 heterocycles. The number of nitrogens with one attached hydrogen (secondary N) is 1. The van der Waals surface area contributed by atoms with Crippen LogP contribution in [0.15, 0.2) is 0 Å². The maximum absolute atomic E-state index is 3.60. The Morgan fingerprint density at radius 3 is 2.19 bits per heavy atom. The lowest BCUT2D eigenvalue weighted by atomic mass is 9.86. The van der Waals surface area contributed by atoms with Crippen LogP contribution in [0.1, 0.15) is 53.9 Å². The Balaban J connectivity index is 3.98. The normalized spacial score (nSPS) is 14.4. The third-order valence-corrected chi connectivity index (χ3v) is 3.13. The van der Waals surface area contributed by atoms with Crippen molar-refractivity contribution in [2.24, 2.45) is 5.41 Å². The SMILES string of the molecule is CCCCCN(C)CC(NCC)C(C)(C)C. The predicted molar refractivity (Wildman–Crippen MR) is 73.9 cm³/mol. The van der Waals surface area contributed by atoms with E-state index in [4.69, 9.17) is 0 Å². The zero-order chi connectivity index (χ0) is 12.6. The van der Waals surface area contributed by atoms with Gasteiger partial charge in [-0.25, -0.2) is 0 Å². The molecule has 0 bridgehead atoms. The van der Waals surface area contributed by atoms with Crippen LogP contribution in [0, 0.1) is 5.41 Å². The molecule has 0 saturated heterocycles. The van der Waals surface area contributed by atoms with Gasteiger partial charge in [-0.2, -0.15) is 0 Å². The molecule has 1 unspecified atom stereocenters. The van der Waals surface area contributed by atoms with E-state index in [0.29, 0.717) is 11.5 Å². The van der Waals surface area contributed by atoms with Gasteiger partial charge in [0.05, 0.1) is 0 Å². The number of hydrogen-bond donors (Lipinski definition) is 1. The lowest BCUT2D eigenvalue weighted by Crippen LogP contribution is -2.47. The van der Waals surface area contributed by atoms with Crippen LogP contribution in [0.25, 0.3) is 0 Å². The quantitative estimate of drug-likeness (QED) is 0.642. The minimum absolute atomic E-state index is 0.342. The third kappa shape index (κ3) is 7.24. The molecule has 1 atom stereocenters. The molecular weight excluding hydrogens is 196 g/mol. The highest BCUT2D eigenvalue weighted by Gasteiger charge is 2.24. The van der Waals surface area contributed by atoms with Crippen molar-refractivity contribution in [2.75, 3.05) is 26.7 Å². The van der Waals surface area contributed by atoms with Gasteiger partial charge in [-0.05, 0) is 32.0 Å². The van der Waals surface area contributed by atoms with Crippen LogP contribution in [-0.4, -0.2) is 37.6 Å². The lowest BCUT2D eigenvalue weighted by Gasteiger charge is -2.34. The molecule has 0 saturated carbocycles. The molecule has 0 spiro atoms. The second kappa shape index (κ2) is 8.08. The van der Waals surface area contributed by atoms with Crippen molar-refractivity contribution in [1.29, 1.82) is 0 Å². The Hall–Kier alpha value is -0.0800. The van der Waals surface area contributed by atoms with Crippen LogP contribution < -0.4 is 5.32 Å². The van der Waals surface area contributed by atoms with Crippen LogP contribution in [0.5, 0.6) is 0 Å². The molecule has 0 aromatic rings. The van der Waals surface area contributed by atoms with Gasteiger partial charge in [-0.1, -0.05) is 47.5 Å². The van der Waals surface area contributed by atoms with Crippen LogP contribution in [0.4, 0.5) is 0 Å². The molecule has 0 aromatic heterocycles. The van der Waals surface area contributed by atoms with E-state index in [-0.39, 0.29) is 0 Å². The molecule has 0 aliphatic carbocycles. The van der Waals surface area contributed by atoms with Crippen molar-refractivity contribution in [1.82, 2.24) is 10.2 Å². The molecule has 0 rings (SSSR count). The van der Waals surface area contributed by atoms with Crippen molar-refractivity contribution in [3.8, 4) is 0 Å². The van der Waals surface area contributed by atoms with E-state index in [0.717, 1.165) is 13.1 Å². The van der Waals surface area contributed by atoms with Crippen molar-refractivity contribution in [3.63, 3.8) is 0 Å². The van der Waals surface area contributed by atoms with Crippen LogP contribution in [0.2, 0.25) is 0 Å². The van der Waals surface area contributed by atoms with Gasteiger partial charge in [0, 0.05) is 12.6 Å². The molecule has 0 amide bonds. The van der Waals surface area contributed by atoms with Gasteiger partial charge in [-0.15, -0.1) is 0 Å². The average molecular weight is 228 g/mol. The summed E-state index contributed by atoms with van der Waals surface area (Å²) in [6.07, 6.45) is 3.99. The molecule has 2 nitrogen and oxygen atoms in total.